The Labute approximate surface area is 137 Å². The molecule has 4 heteroatoms. The predicted molar refractivity (Wildman–Crippen MR) is 97.1 cm³/mol. The predicted octanol–water partition coefficient (Wildman–Crippen LogP) is 5.31. The van der Waals surface area contributed by atoms with E-state index in [0.717, 1.165) is 29.2 Å². The molecule has 0 fully saturated rings. The van der Waals surface area contributed by atoms with Crippen molar-refractivity contribution in [3.63, 3.8) is 0 Å². The van der Waals surface area contributed by atoms with E-state index < -0.39 is 0 Å². The molecule has 0 saturated carbocycles. The molecule has 2 rings (SSSR count). The molecule has 3 nitrogen and oxygen atoms in total. The molecule has 2 aromatic rings. The summed E-state index contributed by atoms with van der Waals surface area (Å²) in [4.78, 5) is 6.56. The molecule has 0 aliphatic rings. The zero-order chi connectivity index (χ0) is 16.1. The summed E-state index contributed by atoms with van der Waals surface area (Å²) >= 11 is 6.24. The SMILES string of the molecule is CCN(C)/C=N\c1cc(Cl)cc(Nc2cccc(C)c2)c1C. The molecule has 0 bridgehead atoms. The monoisotopic (exact) mass is 315 g/mol. The molecular formula is C18H22ClN3. The third-order valence-corrected chi connectivity index (χ3v) is 3.75. The van der Waals surface area contributed by atoms with Gasteiger partial charge in [-0.1, -0.05) is 23.7 Å². The van der Waals surface area contributed by atoms with Crippen LogP contribution in [0.4, 0.5) is 17.1 Å². The van der Waals surface area contributed by atoms with E-state index in [9.17, 15) is 0 Å². The van der Waals surface area contributed by atoms with Crippen molar-refractivity contribution >= 4 is 35.0 Å². The van der Waals surface area contributed by atoms with Crippen molar-refractivity contribution in [2.45, 2.75) is 20.8 Å². The van der Waals surface area contributed by atoms with Gasteiger partial charge in [0.25, 0.3) is 0 Å². The molecule has 0 aromatic heterocycles. The molecule has 116 valence electrons. The van der Waals surface area contributed by atoms with E-state index >= 15 is 0 Å². The zero-order valence-corrected chi connectivity index (χ0v) is 14.3. The van der Waals surface area contributed by atoms with Crippen molar-refractivity contribution in [2.75, 3.05) is 18.9 Å². The van der Waals surface area contributed by atoms with Gasteiger partial charge in [-0.25, -0.2) is 4.99 Å². The highest BCUT2D eigenvalue weighted by molar-refractivity contribution is 6.31. The second kappa shape index (κ2) is 7.32. The third kappa shape index (κ3) is 4.25. The molecule has 0 heterocycles. The second-order valence-electron chi connectivity index (χ2n) is 5.41. The van der Waals surface area contributed by atoms with Gasteiger partial charge in [0.2, 0.25) is 0 Å². The smallest absolute Gasteiger partial charge is 0.0909 e. The van der Waals surface area contributed by atoms with Crippen LogP contribution in [-0.2, 0) is 0 Å². The van der Waals surface area contributed by atoms with Gasteiger partial charge in [-0.3, -0.25) is 0 Å². The Kier molecular flexibility index (Phi) is 5.45. The summed E-state index contributed by atoms with van der Waals surface area (Å²) in [6.45, 7) is 7.12. The van der Waals surface area contributed by atoms with Crippen LogP contribution >= 0.6 is 11.6 Å². The molecule has 0 aliphatic carbocycles. The van der Waals surface area contributed by atoms with Gasteiger partial charge in [-0.05, 0) is 56.2 Å². The van der Waals surface area contributed by atoms with Crippen molar-refractivity contribution in [1.82, 2.24) is 4.90 Å². The summed E-state index contributed by atoms with van der Waals surface area (Å²) in [5, 5.41) is 4.10. The quantitative estimate of drug-likeness (QED) is 0.598. The van der Waals surface area contributed by atoms with Crippen molar-refractivity contribution in [1.29, 1.82) is 0 Å². The summed E-state index contributed by atoms with van der Waals surface area (Å²) in [6.07, 6.45) is 1.83. The van der Waals surface area contributed by atoms with E-state index in [-0.39, 0.29) is 0 Å². The number of nitrogens with zero attached hydrogens (tertiary/aromatic N) is 2. The highest BCUT2D eigenvalue weighted by atomic mass is 35.5. The highest BCUT2D eigenvalue weighted by Gasteiger charge is 2.06. The Morgan fingerprint density at radius 2 is 2.00 bits per heavy atom. The van der Waals surface area contributed by atoms with Crippen LogP contribution in [0.3, 0.4) is 0 Å². The first-order valence-corrected chi connectivity index (χ1v) is 7.75. The molecule has 22 heavy (non-hydrogen) atoms. The zero-order valence-electron chi connectivity index (χ0n) is 13.5. The summed E-state index contributed by atoms with van der Waals surface area (Å²) < 4.78 is 0. The van der Waals surface area contributed by atoms with Gasteiger partial charge >= 0.3 is 0 Å². The van der Waals surface area contributed by atoms with Crippen LogP contribution in [0.1, 0.15) is 18.1 Å². The first-order chi connectivity index (χ1) is 10.5. The van der Waals surface area contributed by atoms with Gasteiger partial charge < -0.3 is 10.2 Å². The molecule has 0 saturated heterocycles. The van der Waals surface area contributed by atoms with Crippen LogP contribution in [0.25, 0.3) is 0 Å². The molecule has 0 unspecified atom stereocenters. The molecular weight excluding hydrogens is 294 g/mol. The number of hydrogen-bond donors (Lipinski definition) is 1. The lowest BCUT2D eigenvalue weighted by molar-refractivity contribution is 0.552. The van der Waals surface area contributed by atoms with E-state index in [0.29, 0.717) is 5.02 Å². The largest absolute Gasteiger partial charge is 0.366 e. The summed E-state index contributed by atoms with van der Waals surface area (Å²) in [7, 11) is 2.00. The maximum absolute atomic E-state index is 6.24. The summed E-state index contributed by atoms with van der Waals surface area (Å²) in [5.74, 6) is 0. The van der Waals surface area contributed by atoms with Crippen LogP contribution in [0, 0.1) is 13.8 Å². The fourth-order valence-corrected chi connectivity index (χ4v) is 2.26. The summed E-state index contributed by atoms with van der Waals surface area (Å²) in [5.41, 5.74) is 5.19. The number of halogens is 1. The fraction of sp³-hybridized carbons (Fsp3) is 0.278. The minimum absolute atomic E-state index is 0.673. The fourth-order valence-electron chi connectivity index (χ4n) is 2.05. The molecule has 0 spiro atoms. The van der Waals surface area contributed by atoms with Gasteiger partial charge in [-0.2, -0.15) is 0 Å². The van der Waals surface area contributed by atoms with Gasteiger partial charge in [0, 0.05) is 30.0 Å². The van der Waals surface area contributed by atoms with Gasteiger partial charge in [0.05, 0.1) is 12.0 Å². The second-order valence-corrected chi connectivity index (χ2v) is 5.85. The first kappa shape index (κ1) is 16.4. The average molecular weight is 316 g/mol. The van der Waals surface area contributed by atoms with Crippen LogP contribution < -0.4 is 5.32 Å². The van der Waals surface area contributed by atoms with Crippen LogP contribution in [0.5, 0.6) is 0 Å². The van der Waals surface area contributed by atoms with E-state index in [1.807, 2.05) is 49.5 Å². The number of benzene rings is 2. The molecule has 0 atom stereocenters. The van der Waals surface area contributed by atoms with Crippen LogP contribution in [-0.4, -0.2) is 24.8 Å². The Balaban J connectivity index is 2.32. The van der Waals surface area contributed by atoms with Crippen molar-refractivity contribution in [3.8, 4) is 0 Å². The Morgan fingerprint density at radius 3 is 2.68 bits per heavy atom. The number of nitrogens with one attached hydrogen (secondary N) is 1. The lowest BCUT2D eigenvalue weighted by Crippen LogP contribution is -2.14. The number of aryl methyl sites for hydroxylation is 1. The number of hydrogen-bond acceptors (Lipinski definition) is 2. The highest BCUT2D eigenvalue weighted by Crippen LogP contribution is 2.32. The topological polar surface area (TPSA) is 27.6 Å². The normalized spacial score (nSPS) is 11.0. The minimum Gasteiger partial charge on any atom is -0.366 e. The lowest BCUT2D eigenvalue weighted by atomic mass is 10.1. The Bertz CT molecular complexity index is 680. The van der Waals surface area contributed by atoms with E-state index in [4.69, 9.17) is 11.6 Å². The number of rotatable bonds is 5. The molecule has 0 amide bonds. The van der Waals surface area contributed by atoms with Gasteiger partial charge in [0.1, 0.15) is 0 Å². The van der Waals surface area contributed by atoms with Crippen LogP contribution in [0.2, 0.25) is 5.02 Å². The number of anilines is 2. The van der Waals surface area contributed by atoms with Crippen LogP contribution in [0.15, 0.2) is 41.4 Å². The van der Waals surface area contributed by atoms with E-state index in [1.54, 1.807) is 0 Å². The van der Waals surface area contributed by atoms with Crippen molar-refractivity contribution < 1.29 is 0 Å². The van der Waals surface area contributed by atoms with E-state index in [1.165, 1.54) is 5.56 Å². The minimum atomic E-state index is 0.673. The van der Waals surface area contributed by atoms with Crippen molar-refractivity contribution in [3.05, 3.63) is 52.5 Å². The summed E-state index contributed by atoms with van der Waals surface area (Å²) in [6, 6.07) is 12.1. The number of aliphatic imine (C=N–C) groups is 1. The lowest BCUT2D eigenvalue weighted by Gasteiger charge is -2.14. The first-order valence-electron chi connectivity index (χ1n) is 7.38. The third-order valence-electron chi connectivity index (χ3n) is 3.53. The average Bonchev–Trinajstić information content (AvgIpc) is 2.48. The van der Waals surface area contributed by atoms with E-state index in [2.05, 4.69) is 36.3 Å². The Hall–Kier alpha value is -2.00. The molecule has 0 radical (unpaired) electrons. The molecule has 0 aliphatic heterocycles. The molecule has 1 N–H and O–H groups in total. The van der Waals surface area contributed by atoms with Crippen molar-refractivity contribution in [2.24, 2.45) is 4.99 Å². The molecule has 2 aromatic carbocycles. The standard InChI is InChI=1S/C18H22ClN3/c1-5-22(4)12-20-17-10-15(19)11-18(14(17)3)21-16-8-6-7-13(2)9-16/h6-12,21H,5H2,1-4H3/b20-12-. The Morgan fingerprint density at radius 1 is 1.23 bits per heavy atom. The maximum Gasteiger partial charge on any atom is 0.0909 e. The van der Waals surface area contributed by atoms with Gasteiger partial charge in [0.15, 0.2) is 0 Å². The van der Waals surface area contributed by atoms with Gasteiger partial charge in [-0.15, -0.1) is 0 Å². The maximum atomic E-state index is 6.24.